The summed E-state index contributed by atoms with van der Waals surface area (Å²) in [6.07, 6.45) is 3.29. The van der Waals surface area contributed by atoms with E-state index in [0.29, 0.717) is 5.69 Å². The molecule has 98 valence electrons. The highest BCUT2D eigenvalue weighted by Gasteiger charge is 2.07. The van der Waals surface area contributed by atoms with Crippen molar-refractivity contribution in [3.05, 3.63) is 36.3 Å². The van der Waals surface area contributed by atoms with Gasteiger partial charge in [-0.15, -0.1) is 0 Å². The number of nitrogens with two attached hydrogens (primary N) is 1. The molecule has 0 unspecified atom stereocenters. The molecule has 0 fully saturated rings. The van der Waals surface area contributed by atoms with Crippen LogP contribution in [-0.2, 0) is 4.79 Å². The number of hydrogen-bond acceptors (Lipinski definition) is 5. The molecule has 2 rings (SSSR count). The number of anilines is 1. The summed E-state index contributed by atoms with van der Waals surface area (Å²) in [4.78, 5) is 18.5. The third kappa shape index (κ3) is 3.19. The topological polar surface area (TPSA) is 98.3 Å². The third-order valence-electron chi connectivity index (χ3n) is 2.44. The predicted octanol–water partition coefficient (Wildman–Crippen LogP) is 1.50. The van der Waals surface area contributed by atoms with Crippen LogP contribution in [0.15, 0.2) is 30.6 Å². The minimum atomic E-state index is -1.07. The van der Waals surface area contributed by atoms with Crippen LogP contribution in [0, 0.1) is 6.92 Å². The first-order valence-corrected chi connectivity index (χ1v) is 5.59. The fraction of sp³-hybridized carbons (Fsp3) is 0.154. The molecule has 0 atom stereocenters. The number of carbonyl (C=O) groups is 1. The first-order chi connectivity index (χ1) is 9.06. The van der Waals surface area contributed by atoms with Gasteiger partial charge in [0.2, 0.25) is 5.88 Å². The van der Waals surface area contributed by atoms with Gasteiger partial charge in [0.1, 0.15) is 0 Å². The van der Waals surface area contributed by atoms with E-state index in [4.69, 9.17) is 15.6 Å². The Morgan fingerprint density at radius 3 is 2.79 bits per heavy atom. The van der Waals surface area contributed by atoms with Gasteiger partial charge in [0.25, 0.3) is 0 Å². The Balaban J connectivity index is 2.26. The van der Waals surface area contributed by atoms with E-state index < -0.39 is 12.6 Å². The van der Waals surface area contributed by atoms with Crippen LogP contribution in [0.2, 0.25) is 0 Å². The van der Waals surface area contributed by atoms with E-state index in [1.165, 1.54) is 0 Å². The number of aromatic nitrogens is 2. The van der Waals surface area contributed by atoms with Crippen molar-refractivity contribution < 1.29 is 14.6 Å². The number of carboxylic acids is 1. The summed E-state index contributed by atoms with van der Waals surface area (Å²) >= 11 is 0. The van der Waals surface area contributed by atoms with E-state index in [-0.39, 0.29) is 5.88 Å². The normalized spacial score (nSPS) is 10.2. The maximum Gasteiger partial charge on any atom is 0.341 e. The maximum absolute atomic E-state index is 10.4. The Bertz CT molecular complexity index is 614. The van der Waals surface area contributed by atoms with Crippen LogP contribution >= 0.6 is 0 Å². The van der Waals surface area contributed by atoms with Crippen LogP contribution in [0.3, 0.4) is 0 Å². The van der Waals surface area contributed by atoms with Gasteiger partial charge in [-0.1, -0.05) is 0 Å². The first kappa shape index (κ1) is 12.8. The second-order valence-corrected chi connectivity index (χ2v) is 3.99. The molecule has 0 aliphatic rings. The van der Waals surface area contributed by atoms with Gasteiger partial charge in [-0.3, -0.25) is 4.98 Å². The molecule has 6 heteroatoms. The van der Waals surface area contributed by atoms with Crippen LogP contribution in [0.1, 0.15) is 5.69 Å². The number of nitrogens with zero attached hydrogens (tertiary/aromatic N) is 2. The smallest absolute Gasteiger partial charge is 0.341 e. The largest absolute Gasteiger partial charge is 0.479 e. The number of nitrogen functional groups attached to an aromatic ring is 1. The van der Waals surface area contributed by atoms with Gasteiger partial charge >= 0.3 is 5.97 Å². The summed E-state index contributed by atoms with van der Waals surface area (Å²) in [7, 11) is 0. The van der Waals surface area contributed by atoms with Crippen molar-refractivity contribution in [2.45, 2.75) is 6.92 Å². The lowest BCUT2D eigenvalue weighted by Crippen LogP contribution is -2.11. The number of hydrogen-bond donors (Lipinski definition) is 2. The standard InChI is InChI=1S/C13H13N3O3/c1-8-4-9(2-3-15-8)10-5-11(14)13(16-6-10)19-7-12(17)18/h2-6H,7,14H2,1H3,(H,17,18). The zero-order chi connectivity index (χ0) is 13.8. The molecule has 0 amide bonds. The van der Waals surface area contributed by atoms with Crippen LogP contribution in [0.25, 0.3) is 11.1 Å². The average Bonchev–Trinajstić information content (AvgIpc) is 2.37. The predicted molar refractivity (Wildman–Crippen MR) is 69.7 cm³/mol. The van der Waals surface area contributed by atoms with Crippen molar-refractivity contribution >= 4 is 11.7 Å². The highest BCUT2D eigenvalue weighted by Crippen LogP contribution is 2.26. The summed E-state index contributed by atoms with van der Waals surface area (Å²) < 4.78 is 4.96. The first-order valence-electron chi connectivity index (χ1n) is 5.59. The number of aliphatic carboxylic acids is 1. The SMILES string of the molecule is Cc1cc(-c2cnc(OCC(=O)O)c(N)c2)ccn1. The fourth-order valence-corrected chi connectivity index (χ4v) is 1.60. The molecule has 6 nitrogen and oxygen atoms in total. The Labute approximate surface area is 109 Å². The fourth-order valence-electron chi connectivity index (χ4n) is 1.60. The Kier molecular flexibility index (Phi) is 3.61. The minimum Gasteiger partial charge on any atom is -0.479 e. The second-order valence-electron chi connectivity index (χ2n) is 3.99. The van der Waals surface area contributed by atoms with Gasteiger partial charge in [-0.05, 0) is 30.7 Å². The molecule has 2 heterocycles. The quantitative estimate of drug-likeness (QED) is 0.863. The molecule has 0 spiro atoms. The van der Waals surface area contributed by atoms with E-state index >= 15 is 0 Å². The van der Waals surface area contributed by atoms with E-state index in [0.717, 1.165) is 16.8 Å². The number of rotatable bonds is 4. The van der Waals surface area contributed by atoms with Gasteiger partial charge in [0, 0.05) is 23.7 Å². The number of aryl methyl sites for hydroxylation is 1. The van der Waals surface area contributed by atoms with Gasteiger partial charge < -0.3 is 15.6 Å². The third-order valence-corrected chi connectivity index (χ3v) is 2.44. The van der Waals surface area contributed by atoms with E-state index in [1.807, 2.05) is 19.1 Å². The second kappa shape index (κ2) is 5.34. The van der Waals surface area contributed by atoms with Gasteiger partial charge in [-0.2, -0.15) is 0 Å². The minimum absolute atomic E-state index is 0.122. The van der Waals surface area contributed by atoms with Gasteiger partial charge in [-0.25, -0.2) is 9.78 Å². The molecule has 0 aliphatic heterocycles. The summed E-state index contributed by atoms with van der Waals surface area (Å²) in [6.45, 7) is 1.43. The highest BCUT2D eigenvalue weighted by molar-refractivity contribution is 5.70. The van der Waals surface area contributed by atoms with E-state index in [1.54, 1.807) is 18.5 Å². The number of pyridine rings is 2. The molecule has 0 aliphatic carbocycles. The number of carboxylic acid groups (broad SMARTS) is 1. The Morgan fingerprint density at radius 2 is 2.16 bits per heavy atom. The van der Waals surface area contributed by atoms with Crippen molar-refractivity contribution in [3.63, 3.8) is 0 Å². The lowest BCUT2D eigenvalue weighted by atomic mass is 10.1. The zero-order valence-electron chi connectivity index (χ0n) is 10.3. The molecule has 3 N–H and O–H groups in total. The van der Waals surface area contributed by atoms with Crippen molar-refractivity contribution in [1.82, 2.24) is 9.97 Å². The molecule has 0 bridgehead atoms. The van der Waals surface area contributed by atoms with Crippen molar-refractivity contribution in [2.75, 3.05) is 12.3 Å². The maximum atomic E-state index is 10.4. The molecule has 0 saturated heterocycles. The van der Waals surface area contributed by atoms with Crippen LogP contribution < -0.4 is 10.5 Å². The molecule has 2 aromatic rings. The molecule has 19 heavy (non-hydrogen) atoms. The molecule has 2 aromatic heterocycles. The summed E-state index contributed by atoms with van der Waals surface area (Å²) in [6, 6.07) is 5.45. The van der Waals surface area contributed by atoms with Crippen LogP contribution in [-0.4, -0.2) is 27.7 Å². The van der Waals surface area contributed by atoms with E-state index in [2.05, 4.69) is 9.97 Å². The van der Waals surface area contributed by atoms with Crippen molar-refractivity contribution in [3.8, 4) is 17.0 Å². The van der Waals surface area contributed by atoms with Crippen molar-refractivity contribution in [1.29, 1.82) is 0 Å². The monoisotopic (exact) mass is 259 g/mol. The van der Waals surface area contributed by atoms with E-state index in [9.17, 15) is 4.79 Å². The molecule has 0 saturated carbocycles. The highest BCUT2D eigenvalue weighted by atomic mass is 16.5. The van der Waals surface area contributed by atoms with Crippen LogP contribution in [0.5, 0.6) is 5.88 Å². The molecule has 0 radical (unpaired) electrons. The summed E-state index contributed by atoms with van der Waals surface area (Å²) in [5.74, 6) is -0.952. The molecule has 0 aromatic carbocycles. The molecular weight excluding hydrogens is 246 g/mol. The Hall–Kier alpha value is -2.63. The van der Waals surface area contributed by atoms with Crippen LogP contribution in [0.4, 0.5) is 5.69 Å². The Morgan fingerprint density at radius 1 is 1.37 bits per heavy atom. The lowest BCUT2D eigenvalue weighted by molar-refractivity contribution is -0.139. The summed E-state index contributed by atoms with van der Waals surface area (Å²) in [5, 5.41) is 8.53. The summed E-state index contributed by atoms with van der Waals surface area (Å²) in [5.41, 5.74) is 8.74. The lowest BCUT2D eigenvalue weighted by Gasteiger charge is -2.08. The van der Waals surface area contributed by atoms with Gasteiger partial charge in [0.05, 0.1) is 5.69 Å². The van der Waals surface area contributed by atoms with Crippen molar-refractivity contribution in [2.24, 2.45) is 0 Å². The zero-order valence-corrected chi connectivity index (χ0v) is 10.3. The molecular formula is C13H13N3O3. The number of ether oxygens (including phenoxy) is 1. The average molecular weight is 259 g/mol. The van der Waals surface area contributed by atoms with Gasteiger partial charge in [0.15, 0.2) is 6.61 Å².